The zero-order chi connectivity index (χ0) is 12.7. The minimum Gasteiger partial charge on any atom is -0.478 e. The van der Waals surface area contributed by atoms with Crippen LogP contribution in [0.4, 0.5) is 0 Å². The lowest BCUT2D eigenvalue weighted by atomic mass is 10.0. The number of carbonyl (C=O) groups excluding carboxylic acids is 1. The number of piperidine rings is 1. The van der Waals surface area contributed by atoms with Gasteiger partial charge in [-0.2, -0.15) is 0 Å². The van der Waals surface area contributed by atoms with Crippen molar-refractivity contribution in [2.45, 2.75) is 32.2 Å². The maximum absolute atomic E-state index is 11.8. The molecule has 0 aromatic rings. The quantitative estimate of drug-likeness (QED) is 0.730. The Kier molecular flexibility index (Phi) is 5.69. The second-order valence-electron chi connectivity index (χ2n) is 4.01. The van der Waals surface area contributed by atoms with Crippen LogP contribution < -0.4 is 0 Å². The van der Waals surface area contributed by atoms with Crippen LogP contribution in [0.3, 0.4) is 0 Å². The van der Waals surface area contributed by atoms with E-state index in [-0.39, 0.29) is 11.9 Å². The average molecular weight is 241 g/mol. The summed E-state index contributed by atoms with van der Waals surface area (Å²) in [4.78, 5) is 23.9. The standard InChI is InChI=1S/C12H19NO4/c1-2-17-9-10-5-3-4-8-13(10)11(14)6-7-12(15)16/h6-7,10H,2-5,8-9H2,1H3,(H,15,16)/b7-6+. The zero-order valence-corrected chi connectivity index (χ0v) is 10.1. The number of hydrogen-bond donors (Lipinski definition) is 1. The number of carboxylic acid groups (broad SMARTS) is 1. The van der Waals surface area contributed by atoms with Gasteiger partial charge in [0, 0.05) is 25.3 Å². The number of nitrogens with zero attached hydrogens (tertiary/aromatic N) is 1. The molecular weight excluding hydrogens is 222 g/mol. The van der Waals surface area contributed by atoms with Crippen molar-refractivity contribution in [2.75, 3.05) is 19.8 Å². The van der Waals surface area contributed by atoms with E-state index in [1.165, 1.54) is 0 Å². The molecule has 5 heteroatoms. The van der Waals surface area contributed by atoms with E-state index in [2.05, 4.69) is 0 Å². The van der Waals surface area contributed by atoms with Gasteiger partial charge in [0.25, 0.3) is 0 Å². The van der Waals surface area contributed by atoms with Gasteiger partial charge in [0.05, 0.1) is 12.6 Å². The van der Waals surface area contributed by atoms with Gasteiger partial charge in [-0.3, -0.25) is 4.79 Å². The molecule has 5 nitrogen and oxygen atoms in total. The summed E-state index contributed by atoms with van der Waals surface area (Å²) in [7, 11) is 0. The van der Waals surface area contributed by atoms with Gasteiger partial charge < -0.3 is 14.7 Å². The lowest BCUT2D eigenvalue weighted by Crippen LogP contribution is -2.45. The van der Waals surface area contributed by atoms with Crippen molar-refractivity contribution in [1.29, 1.82) is 0 Å². The molecule has 1 atom stereocenters. The molecule has 1 amide bonds. The number of likely N-dealkylation sites (tertiary alicyclic amines) is 1. The highest BCUT2D eigenvalue weighted by molar-refractivity contribution is 5.94. The number of aliphatic carboxylic acids is 1. The summed E-state index contributed by atoms with van der Waals surface area (Å²) >= 11 is 0. The zero-order valence-electron chi connectivity index (χ0n) is 10.1. The van der Waals surface area contributed by atoms with Crippen LogP contribution in [-0.2, 0) is 14.3 Å². The Morgan fingerprint density at radius 2 is 2.18 bits per heavy atom. The highest BCUT2D eigenvalue weighted by atomic mass is 16.5. The normalized spacial score (nSPS) is 20.8. The van der Waals surface area contributed by atoms with Gasteiger partial charge in [0.2, 0.25) is 5.91 Å². The topological polar surface area (TPSA) is 66.8 Å². The van der Waals surface area contributed by atoms with Gasteiger partial charge in [-0.25, -0.2) is 4.79 Å². The third-order valence-electron chi connectivity index (χ3n) is 2.79. The predicted octanol–water partition coefficient (Wildman–Crippen LogP) is 1.04. The maximum Gasteiger partial charge on any atom is 0.328 e. The first-order valence-electron chi connectivity index (χ1n) is 5.94. The van der Waals surface area contributed by atoms with Crippen molar-refractivity contribution in [3.63, 3.8) is 0 Å². The first-order chi connectivity index (χ1) is 8.15. The fourth-order valence-electron chi connectivity index (χ4n) is 1.96. The molecule has 1 aliphatic heterocycles. The van der Waals surface area contributed by atoms with Crippen molar-refractivity contribution < 1.29 is 19.4 Å². The van der Waals surface area contributed by atoms with Gasteiger partial charge in [0.1, 0.15) is 0 Å². The summed E-state index contributed by atoms with van der Waals surface area (Å²) in [6, 6.07) is 0.0784. The largest absolute Gasteiger partial charge is 0.478 e. The first kappa shape index (κ1) is 13.7. The van der Waals surface area contributed by atoms with E-state index in [0.29, 0.717) is 19.8 Å². The molecule has 1 unspecified atom stereocenters. The van der Waals surface area contributed by atoms with E-state index in [1.807, 2.05) is 6.92 Å². The molecule has 0 spiro atoms. The van der Waals surface area contributed by atoms with Crippen LogP contribution in [0.25, 0.3) is 0 Å². The van der Waals surface area contributed by atoms with Crippen molar-refractivity contribution in [3.05, 3.63) is 12.2 Å². The molecule has 0 aromatic carbocycles. The van der Waals surface area contributed by atoms with E-state index in [0.717, 1.165) is 31.4 Å². The smallest absolute Gasteiger partial charge is 0.328 e. The molecule has 17 heavy (non-hydrogen) atoms. The number of carbonyl (C=O) groups is 2. The highest BCUT2D eigenvalue weighted by Gasteiger charge is 2.25. The fourth-order valence-corrected chi connectivity index (χ4v) is 1.96. The third kappa shape index (κ3) is 4.56. The molecule has 96 valence electrons. The maximum atomic E-state index is 11.8. The van der Waals surface area contributed by atoms with Gasteiger partial charge in [-0.15, -0.1) is 0 Å². The number of amides is 1. The second-order valence-corrected chi connectivity index (χ2v) is 4.01. The van der Waals surface area contributed by atoms with E-state index < -0.39 is 5.97 Å². The van der Waals surface area contributed by atoms with Crippen LogP contribution in [0.1, 0.15) is 26.2 Å². The summed E-state index contributed by atoms with van der Waals surface area (Å²) in [6.07, 6.45) is 4.98. The Morgan fingerprint density at radius 3 is 2.82 bits per heavy atom. The molecule has 1 saturated heterocycles. The number of carboxylic acids is 1. The van der Waals surface area contributed by atoms with Crippen molar-refractivity contribution in [3.8, 4) is 0 Å². The molecule has 1 heterocycles. The highest BCUT2D eigenvalue weighted by Crippen LogP contribution is 2.17. The Hall–Kier alpha value is -1.36. The summed E-state index contributed by atoms with van der Waals surface area (Å²) in [6.45, 7) is 3.76. The number of ether oxygens (including phenoxy) is 1. The van der Waals surface area contributed by atoms with E-state index in [4.69, 9.17) is 9.84 Å². The van der Waals surface area contributed by atoms with Crippen LogP contribution >= 0.6 is 0 Å². The van der Waals surface area contributed by atoms with Gasteiger partial charge in [-0.05, 0) is 26.2 Å². The number of rotatable bonds is 5. The molecule has 1 fully saturated rings. The molecule has 0 aliphatic carbocycles. The molecule has 1 N–H and O–H groups in total. The predicted molar refractivity (Wildman–Crippen MR) is 62.6 cm³/mol. The summed E-state index contributed by atoms with van der Waals surface area (Å²) in [5.41, 5.74) is 0. The van der Waals surface area contributed by atoms with Gasteiger partial charge >= 0.3 is 5.97 Å². The van der Waals surface area contributed by atoms with E-state index in [1.54, 1.807) is 4.90 Å². The number of hydrogen-bond acceptors (Lipinski definition) is 3. The Morgan fingerprint density at radius 1 is 1.41 bits per heavy atom. The summed E-state index contributed by atoms with van der Waals surface area (Å²) in [5, 5.41) is 8.49. The van der Waals surface area contributed by atoms with Crippen LogP contribution in [-0.4, -0.2) is 47.7 Å². The van der Waals surface area contributed by atoms with Crippen LogP contribution in [0, 0.1) is 0 Å². The molecule has 1 aliphatic rings. The molecular formula is C12H19NO4. The molecule has 0 bridgehead atoms. The SMILES string of the molecule is CCOCC1CCCCN1C(=O)/C=C/C(=O)O. The summed E-state index contributed by atoms with van der Waals surface area (Å²) in [5.74, 6) is -1.34. The van der Waals surface area contributed by atoms with E-state index >= 15 is 0 Å². The lowest BCUT2D eigenvalue weighted by molar-refractivity contribution is -0.133. The van der Waals surface area contributed by atoms with Crippen LogP contribution in [0.5, 0.6) is 0 Å². The van der Waals surface area contributed by atoms with Crippen molar-refractivity contribution in [1.82, 2.24) is 4.90 Å². The van der Waals surface area contributed by atoms with Crippen molar-refractivity contribution in [2.24, 2.45) is 0 Å². The van der Waals surface area contributed by atoms with Crippen LogP contribution in [0.15, 0.2) is 12.2 Å². The van der Waals surface area contributed by atoms with E-state index in [9.17, 15) is 9.59 Å². The summed E-state index contributed by atoms with van der Waals surface area (Å²) < 4.78 is 5.34. The Balaban J connectivity index is 2.57. The van der Waals surface area contributed by atoms with Crippen LogP contribution in [0.2, 0.25) is 0 Å². The third-order valence-corrected chi connectivity index (χ3v) is 2.79. The van der Waals surface area contributed by atoms with Gasteiger partial charge in [0.15, 0.2) is 0 Å². The van der Waals surface area contributed by atoms with Crippen molar-refractivity contribution >= 4 is 11.9 Å². The first-order valence-corrected chi connectivity index (χ1v) is 5.94. The minimum absolute atomic E-state index is 0.0784. The Bertz CT molecular complexity index is 301. The minimum atomic E-state index is -1.10. The molecule has 0 radical (unpaired) electrons. The Labute approximate surface area is 101 Å². The van der Waals surface area contributed by atoms with Gasteiger partial charge in [-0.1, -0.05) is 0 Å². The second kappa shape index (κ2) is 7.06. The lowest BCUT2D eigenvalue weighted by Gasteiger charge is -2.34. The monoisotopic (exact) mass is 241 g/mol. The molecule has 0 saturated carbocycles. The molecule has 0 aromatic heterocycles. The molecule has 1 rings (SSSR count). The average Bonchev–Trinajstić information content (AvgIpc) is 2.33. The fraction of sp³-hybridized carbons (Fsp3) is 0.667.